The van der Waals surface area contributed by atoms with Crippen molar-refractivity contribution < 1.29 is 4.79 Å². The molecule has 28 heavy (non-hydrogen) atoms. The molecule has 1 fully saturated rings. The van der Waals surface area contributed by atoms with Gasteiger partial charge >= 0.3 is 6.03 Å². The number of benzene rings is 2. The summed E-state index contributed by atoms with van der Waals surface area (Å²) in [6, 6.07) is 23.1. The van der Waals surface area contributed by atoms with Crippen LogP contribution in [0.5, 0.6) is 0 Å². The van der Waals surface area contributed by atoms with E-state index in [0.29, 0.717) is 12.5 Å². The molecule has 0 aliphatic carbocycles. The summed E-state index contributed by atoms with van der Waals surface area (Å²) >= 11 is 0. The van der Waals surface area contributed by atoms with Crippen LogP contribution in [0.25, 0.3) is 11.1 Å². The summed E-state index contributed by atoms with van der Waals surface area (Å²) in [7, 11) is 0. The standard InChI is InChI=1S/C24H25N3O/c28-24(27-17-13-23(18-27)22-11-14-25-15-12-22)26-16-10-19-6-8-21(9-7-19)20-4-2-1-3-5-20/h1-9,11-12,14-15,23H,10,13,16-18H2,(H,26,28). The first-order valence-corrected chi connectivity index (χ1v) is 9.86. The topological polar surface area (TPSA) is 45.2 Å². The third-order valence-electron chi connectivity index (χ3n) is 5.40. The van der Waals surface area contributed by atoms with Gasteiger partial charge in [-0.05, 0) is 47.2 Å². The molecule has 0 radical (unpaired) electrons. The van der Waals surface area contributed by atoms with Crippen molar-refractivity contribution in [3.05, 3.63) is 90.3 Å². The average molecular weight is 371 g/mol. The van der Waals surface area contributed by atoms with Crippen molar-refractivity contribution in [2.24, 2.45) is 0 Å². The summed E-state index contributed by atoms with van der Waals surface area (Å²) < 4.78 is 0. The molecule has 0 spiro atoms. The van der Waals surface area contributed by atoms with Crippen LogP contribution in [0.15, 0.2) is 79.1 Å². The van der Waals surface area contributed by atoms with E-state index in [0.717, 1.165) is 25.9 Å². The second-order valence-electron chi connectivity index (χ2n) is 7.26. The highest BCUT2D eigenvalue weighted by Gasteiger charge is 2.26. The average Bonchev–Trinajstić information content (AvgIpc) is 3.26. The van der Waals surface area contributed by atoms with Crippen LogP contribution in [-0.4, -0.2) is 35.5 Å². The Hall–Kier alpha value is -3.14. The zero-order valence-corrected chi connectivity index (χ0v) is 15.9. The predicted octanol–water partition coefficient (Wildman–Crippen LogP) is 4.49. The number of likely N-dealkylation sites (tertiary alicyclic amines) is 1. The molecular weight excluding hydrogens is 346 g/mol. The zero-order chi connectivity index (χ0) is 19.2. The molecule has 2 amide bonds. The molecule has 1 aliphatic heterocycles. The maximum atomic E-state index is 12.5. The van der Waals surface area contributed by atoms with Gasteiger partial charge in [0.25, 0.3) is 0 Å². The van der Waals surface area contributed by atoms with Gasteiger partial charge < -0.3 is 10.2 Å². The third kappa shape index (κ3) is 4.39. The fraction of sp³-hybridized carbons (Fsp3) is 0.250. The number of nitrogens with one attached hydrogen (secondary N) is 1. The van der Waals surface area contributed by atoms with E-state index >= 15 is 0 Å². The number of urea groups is 1. The molecule has 1 aliphatic rings. The SMILES string of the molecule is O=C(NCCc1ccc(-c2ccccc2)cc1)N1CCC(c2ccncc2)C1. The normalized spacial score (nSPS) is 16.1. The lowest BCUT2D eigenvalue weighted by atomic mass is 10.00. The lowest BCUT2D eigenvalue weighted by Gasteiger charge is -2.17. The van der Waals surface area contributed by atoms with Crippen molar-refractivity contribution in [1.82, 2.24) is 15.2 Å². The summed E-state index contributed by atoms with van der Waals surface area (Å²) in [5, 5.41) is 3.07. The van der Waals surface area contributed by atoms with Gasteiger partial charge in [-0.2, -0.15) is 0 Å². The third-order valence-corrected chi connectivity index (χ3v) is 5.40. The maximum absolute atomic E-state index is 12.5. The van der Waals surface area contributed by atoms with Crippen molar-refractivity contribution >= 4 is 6.03 Å². The Balaban J connectivity index is 1.24. The van der Waals surface area contributed by atoms with Gasteiger partial charge in [-0.1, -0.05) is 54.6 Å². The molecule has 0 bridgehead atoms. The molecule has 1 atom stereocenters. The molecule has 4 rings (SSSR count). The molecule has 4 nitrogen and oxygen atoms in total. The summed E-state index contributed by atoms with van der Waals surface area (Å²) in [5.41, 5.74) is 4.94. The van der Waals surface area contributed by atoms with E-state index in [2.05, 4.69) is 58.8 Å². The maximum Gasteiger partial charge on any atom is 0.317 e. The molecule has 2 heterocycles. The van der Waals surface area contributed by atoms with Crippen LogP contribution in [0, 0.1) is 0 Å². The van der Waals surface area contributed by atoms with Gasteiger partial charge in [0.1, 0.15) is 0 Å². The van der Waals surface area contributed by atoms with Gasteiger partial charge in [0, 0.05) is 37.9 Å². The summed E-state index contributed by atoms with van der Waals surface area (Å²) in [4.78, 5) is 18.4. The van der Waals surface area contributed by atoms with E-state index in [1.165, 1.54) is 22.3 Å². The van der Waals surface area contributed by atoms with Gasteiger partial charge in [0.2, 0.25) is 0 Å². The molecule has 1 N–H and O–H groups in total. The van der Waals surface area contributed by atoms with Crippen molar-refractivity contribution in [3.8, 4) is 11.1 Å². The molecule has 4 heteroatoms. The van der Waals surface area contributed by atoms with E-state index in [1.807, 2.05) is 35.5 Å². The number of hydrogen-bond acceptors (Lipinski definition) is 2. The number of pyridine rings is 1. The van der Waals surface area contributed by atoms with Crippen molar-refractivity contribution in [2.75, 3.05) is 19.6 Å². The van der Waals surface area contributed by atoms with E-state index in [4.69, 9.17) is 0 Å². The molecule has 1 aromatic heterocycles. The quantitative estimate of drug-likeness (QED) is 0.718. The van der Waals surface area contributed by atoms with Crippen molar-refractivity contribution in [1.29, 1.82) is 0 Å². The lowest BCUT2D eigenvalue weighted by Crippen LogP contribution is -2.39. The van der Waals surface area contributed by atoms with E-state index in [9.17, 15) is 4.79 Å². The second-order valence-corrected chi connectivity index (χ2v) is 7.26. The van der Waals surface area contributed by atoms with Crippen molar-refractivity contribution in [3.63, 3.8) is 0 Å². The largest absolute Gasteiger partial charge is 0.338 e. The zero-order valence-electron chi connectivity index (χ0n) is 15.9. The second kappa shape index (κ2) is 8.70. The van der Waals surface area contributed by atoms with Crippen LogP contribution < -0.4 is 5.32 Å². The van der Waals surface area contributed by atoms with Crippen LogP contribution in [0.3, 0.4) is 0 Å². The Morgan fingerprint density at radius 3 is 2.43 bits per heavy atom. The van der Waals surface area contributed by atoms with Crippen molar-refractivity contribution in [2.45, 2.75) is 18.8 Å². The Bertz CT molecular complexity index is 894. The minimum absolute atomic E-state index is 0.0393. The van der Waals surface area contributed by atoms with Gasteiger partial charge in [-0.15, -0.1) is 0 Å². The van der Waals surface area contributed by atoms with Crippen LogP contribution in [-0.2, 0) is 6.42 Å². The molecule has 0 saturated carbocycles. The molecule has 2 aromatic carbocycles. The molecular formula is C24H25N3O. The number of carbonyl (C=O) groups excluding carboxylic acids is 1. The first-order chi connectivity index (χ1) is 13.8. The Morgan fingerprint density at radius 2 is 1.68 bits per heavy atom. The highest BCUT2D eigenvalue weighted by Crippen LogP contribution is 2.26. The highest BCUT2D eigenvalue weighted by atomic mass is 16.2. The minimum Gasteiger partial charge on any atom is -0.338 e. The number of rotatable bonds is 5. The number of hydrogen-bond donors (Lipinski definition) is 1. The Labute approximate surface area is 166 Å². The fourth-order valence-corrected chi connectivity index (χ4v) is 3.77. The molecule has 1 unspecified atom stereocenters. The summed E-state index contributed by atoms with van der Waals surface area (Å²) in [6.07, 6.45) is 5.49. The van der Waals surface area contributed by atoms with E-state index < -0.39 is 0 Å². The Morgan fingerprint density at radius 1 is 0.964 bits per heavy atom. The number of carbonyl (C=O) groups is 1. The van der Waals surface area contributed by atoms with Gasteiger partial charge in [0.15, 0.2) is 0 Å². The summed E-state index contributed by atoms with van der Waals surface area (Å²) in [6.45, 7) is 2.24. The lowest BCUT2D eigenvalue weighted by molar-refractivity contribution is 0.208. The number of nitrogens with zero attached hydrogens (tertiary/aromatic N) is 2. The van der Waals surface area contributed by atoms with Gasteiger partial charge in [0.05, 0.1) is 0 Å². The minimum atomic E-state index is 0.0393. The first kappa shape index (κ1) is 18.2. The number of amides is 2. The molecule has 1 saturated heterocycles. The van der Waals surface area contributed by atoms with Crippen LogP contribution in [0.4, 0.5) is 4.79 Å². The van der Waals surface area contributed by atoms with Crippen LogP contribution in [0.2, 0.25) is 0 Å². The van der Waals surface area contributed by atoms with E-state index in [1.54, 1.807) is 0 Å². The summed E-state index contributed by atoms with van der Waals surface area (Å²) in [5.74, 6) is 0.416. The number of aromatic nitrogens is 1. The van der Waals surface area contributed by atoms with Crippen LogP contribution in [0.1, 0.15) is 23.5 Å². The van der Waals surface area contributed by atoms with E-state index in [-0.39, 0.29) is 6.03 Å². The van der Waals surface area contributed by atoms with Gasteiger partial charge in [-0.25, -0.2) is 4.79 Å². The van der Waals surface area contributed by atoms with Crippen LogP contribution >= 0.6 is 0 Å². The smallest absolute Gasteiger partial charge is 0.317 e. The molecule has 142 valence electrons. The molecule has 3 aromatic rings. The highest BCUT2D eigenvalue weighted by molar-refractivity contribution is 5.74. The Kier molecular flexibility index (Phi) is 5.66. The van der Waals surface area contributed by atoms with Gasteiger partial charge in [-0.3, -0.25) is 4.98 Å². The predicted molar refractivity (Wildman–Crippen MR) is 112 cm³/mol. The fourth-order valence-electron chi connectivity index (χ4n) is 3.77. The first-order valence-electron chi connectivity index (χ1n) is 9.86. The monoisotopic (exact) mass is 371 g/mol.